The summed E-state index contributed by atoms with van der Waals surface area (Å²) >= 11 is 0. The van der Waals surface area contributed by atoms with Gasteiger partial charge in [0, 0.05) is 20.1 Å². The first kappa shape index (κ1) is 27.0. The third-order valence-electron chi connectivity index (χ3n) is 5.77. The molecule has 3 rings (SSSR count). The summed E-state index contributed by atoms with van der Waals surface area (Å²) in [5.74, 6) is -1.41. The Morgan fingerprint density at radius 1 is 0.917 bits per heavy atom. The lowest BCUT2D eigenvalue weighted by Gasteiger charge is -2.32. The number of amides is 2. The van der Waals surface area contributed by atoms with Gasteiger partial charge in [0.1, 0.15) is 11.9 Å². The number of sulfonamides is 1. The summed E-state index contributed by atoms with van der Waals surface area (Å²) in [6, 6.07) is 21.1. The minimum absolute atomic E-state index is 0.0196. The van der Waals surface area contributed by atoms with Crippen molar-refractivity contribution < 1.29 is 22.4 Å². The number of hydrogen-bond acceptors (Lipinski definition) is 4. The molecule has 7 nitrogen and oxygen atoms in total. The van der Waals surface area contributed by atoms with Crippen molar-refractivity contribution in [3.63, 3.8) is 0 Å². The molecule has 2 amide bonds. The Labute approximate surface area is 211 Å². The van der Waals surface area contributed by atoms with E-state index in [2.05, 4.69) is 5.32 Å². The molecule has 0 heterocycles. The summed E-state index contributed by atoms with van der Waals surface area (Å²) in [4.78, 5) is 28.4. The van der Waals surface area contributed by atoms with Gasteiger partial charge in [0.15, 0.2) is 0 Å². The Bertz CT molecular complexity index is 1280. The third-order valence-corrected chi connectivity index (χ3v) is 7.03. The van der Waals surface area contributed by atoms with Crippen molar-refractivity contribution in [3.8, 4) is 0 Å². The fourth-order valence-corrected chi connectivity index (χ4v) is 3.95. The highest BCUT2D eigenvalue weighted by Gasteiger charge is 2.32. The monoisotopic (exact) mass is 511 g/mol. The van der Waals surface area contributed by atoms with E-state index in [0.717, 1.165) is 21.7 Å². The molecule has 0 aliphatic heterocycles. The Morgan fingerprint density at radius 2 is 1.50 bits per heavy atom. The molecular weight excluding hydrogens is 481 g/mol. The van der Waals surface area contributed by atoms with Crippen LogP contribution in [-0.4, -0.2) is 49.3 Å². The van der Waals surface area contributed by atoms with Crippen molar-refractivity contribution in [2.45, 2.75) is 26.1 Å². The van der Waals surface area contributed by atoms with Crippen LogP contribution in [0.1, 0.15) is 28.3 Å². The molecular formula is C27H30FN3O4S. The van der Waals surface area contributed by atoms with Gasteiger partial charge in [-0.15, -0.1) is 0 Å². The number of carbonyl (C=O) groups excluding carboxylic acids is 2. The number of nitrogens with one attached hydrogen (secondary N) is 1. The first-order chi connectivity index (χ1) is 17.0. The van der Waals surface area contributed by atoms with Crippen LogP contribution in [0.15, 0.2) is 78.9 Å². The van der Waals surface area contributed by atoms with Crippen LogP contribution < -0.4 is 5.32 Å². The van der Waals surface area contributed by atoms with Crippen LogP contribution in [0, 0.1) is 12.7 Å². The van der Waals surface area contributed by atoms with E-state index < -0.39 is 40.2 Å². The number of likely N-dealkylation sites (N-methyl/N-ethyl adjacent to an activating group) is 1. The lowest BCUT2D eigenvalue weighted by Crippen LogP contribution is -2.47. The van der Waals surface area contributed by atoms with Crippen molar-refractivity contribution in [3.05, 3.63) is 107 Å². The first-order valence-corrected chi connectivity index (χ1v) is 13.2. The number of nitrogens with zero attached hydrogens (tertiary/aromatic N) is 2. The third kappa shape index (κ3) is 7.47. The quantitative estimate of drug-likeness (QED) is 0.452. The number of aryl methyl sites for hydroxylation is 1. The molecule has 190 valence electrons. The average molecular weight is 512 g/mol. The van der Waals surface area contributed by atoms with E-state index in [4.69, 9.17) is 0 Å². The average Bonchev–Trinajstić information content (AvgIpc) is 2.84. The Balaban J connectivity index is 1.96. The van der Waals surface area contributed by atoms with E-state index in [9.17, 15) is 22.4 Å². The van der Waals surface area contributed by atoms with Gasteiger partial charge in [0.2, 0.25) is 21.8 Å². The maximum absolute atomic E-state index is 13.6. The minimum Gasteiger partial charge on any atom is -0.350 e. The molecule has 0 saturated heterocycles. The van der Waals surface area contributed by atoms with Gasteiger partial charge in [-0.1, -0.05) is 72.3 Å². The van der Waals surface area contributed by atoms with Gasteiger partial charge in [-0.3, -0.25) is 9.59 Å². The van der Waals surface area contributed by atoms with Crippen LogP contribution in [-0.2, 0) is 32.7 Å². The second kappa shape index (κ2) is 11.9. The summed E-state index contributed by atoms with van der Waals surface area (Å²) in [5.41, 5.74) is 3.16. The summed E-state index contributed by atoms with van der Waals surface area (Å²) in [5, 5.41) is 2.91. The van der Waals surface area contributed by atoms with E-state index in [1.165, 1.54) is 36.2 Å². The predicted octanol–water partition coefficient (Wildman–Crippen LogP) is 3.41. The second-order valence-electron chi connectivity index (χ2n) is 8.68. The molecule has 9 heteroatoms. The van der Waals surface area contributed by atoms with E-state index in [0.29, 0.717) is 11.1 Å². The number of rotatable bonds is 10. The molecule has 3 aromatic carbocycles. The van der Waals surface area contributed by atoms with Crippen LogP contribution in [0.5, 0.6) is 0 Å². The molecule has 0 bridgehead atoms. The molecule has 36 heavy (non-hydrogen) atoms. The summed E-state index contributed by atoms with van der Waals surface area (Å²) in [6.07, 6.45) is 1.01. The zero-order valence-electron chi connectivity index (χ0n) is 20.5. The molecule has 0 aromatic heterocycles. The summed E-state index contributed by atoms with van der Waals surface area (Å²) in [6.45, 7) is 1.76. The van der Waals surface area contributed by atoms with Gasteiger partial charge in [-0.25, -0.2) is 12.8 Å². The molecule has 1 atom stereocenters. The van der Waals surface area contributed by atoms with Crippen LogP contribution in [0.25, 0.3) is 0 Å². The molecule has 0 saturated carbocycles. The predicted molar refractivity (Wildman–Crippen MR) is 137 cm³/mol. The molecule has 0 fully saturated rings. The highest BCUT2D eigenvalue weighted by atomic mass is 32.2. The lowest BCUT2D eigenvalue weighted by molar-refractivity contribution is -0.141. The van der Waals surface area contributed by atoms with Gasteiger partial charge in [-0.05, 0) is 35.7 Å². The SMILES string of the molecule is Cc1ccc(CNC(=O)[C@H](c2ccccc2)N(Cc2ccc(F)cc2)C(=O)CN(C)S(C)(=O)=O)cc1. The van der Waals surface area contributed by atoms with Crippen molar-refractivity contribution in [1.29, 1.82) is 0 Å². The van der Waals surface area contributed by atoms with Gasteiger partial charge in [-0.2, -0.15) is 4.31 Å². The highest BCUT2D eigenvalue weighted by Crippen LogP contribution is 2.25. The van der Waals surface area contributed by atoms with Gasteiger partial charge >= 0.3 is 0 Å². The fourth-order valence-electron chi connectivity index (χ4n) is 3.61. The molecule has 0 spiro atoms. The van der Waals surface area contributed by atoms with E-state index in [-0.39, 0.29) is 13.1 Å². The van der Waals surface area contributed by atoms with Crippen LogP contribution in [0.2, 0.25) is 0 Å². The molecule has 0 radical (unpaired) electrons. The normalized spacial score (nSPS) is 12.2. The standard InChI is InChI=1S/C27H30FN3O4S/c1-20-9-11-21(12-10-20)17-29-27(33)26(23-7-5-4-6-8-23)31(18-22-13-15-24(28)16-14-22)25(32)19-30(2)36(3,34)35/h4-16,26H,17-19H2,1-3H3,(H,29,33)/t26-/m0/s1. The smallest absolute Gasteiger partial charge is 0.247 e. The number of halogens is 1. The van der Waals surface area contributed by atoms with Crippen molar-refractivity contribution in [2.24, 2.45) is 0 Å². The van der Waals surface area contributed by atoms with Gasteiger partial charge in [0.05, 0.1) is 12.8 Å². The molecule has 3 aromatic rings. The topological polar surface area (TPSA) is 86.8 Å². The molecule has 0 aliphatic rings. The van der Waals surface area contributed by atoms with Crippen LogP contribution in [0.3, 0.4) is 0 Å². The second-order valence-corrected chi connectivity index (χ2v) is 10.8. The van der Waals surface area contributed by atoms with E-state index >= 15 is 0 Å². The van der Waals surface area contributed by atoms with Crippen molar-refractivity contribution in [1.82, 2.24) is 14.5 Å². The van der Waals surface area contributed by atoms with Crippen molar-refractivity contribution in [2.75, 3.05) is 19.8 Å². The number of carbonyl (C=O) groups is 2. The molecule has 0 aliphatic carbocycles. The number of hydrogen-bond donors (Lipinski definition) is 1. The maximum atomic E-state index is 13.6. The molecule has 1 N–H and O–H groups in total. The van der Waals surface area contributed by atoms with Gasteiger partial charge in [0.25, 0.3) is 0 Å². The van der Waals surface area contributed by atoms with E-state index in [1.807, 2.05) is 31.2 Å². The van der Waals surface area contributed by atoms with E-state index in [1.54, 1.807) is 30.3 Å². The first-order valence-electron chi connectivity index (χ1n) is 11.4. The van der Waals surface area contributed by atoms with Crippen molar-refractivity contribution >= 4 is 21.8 Å². The van der Waals surface area contributed by atoms with Crippen LogP contribution in [0.4, 0.5) is 4.39 Å². The lowest BCUT2D eigenvalue weighted by atomic mass is 10.0. The Morgan fingerprint density at radius 3 is 2.08 bits per heavy atom. The number of benzene rings is 3. The zero-order chi connectivity index (χ0) is 26.3. The summed E-state index contributed by atoms with van der Waals surface area (Å²) in [7, 11) is -2.33. The maximum Gasteiger partial charge on any atom is 0.247 e. The van der Waals surface area contributed by atoms with Crippen LogP contribution >= 0.6 is 0 Å². The zero-order valence-corrected chi connectivity index (χ0v) is 21.3. The Kier molecular flexibility index (Phi) is 8.95. The largest absolute Gasteiger partial charge is 0.350 e. The summed E-state index contributed by atoms with van der Waals surface area (Å²) < 4.78 is 38.4. The Hall–Kier alpha value is -3.56. The minimum atomic E-state index is -3.63. The van der Waals surface area contributed by atoms with Gasteiger partial charge < -0.3 is 10.2 Å². The highest BCUT2D eigenvalue weighted by molar-refractivity contribution is 7.88. The fraction of sp³-hybridized carbons (Fsp3) is 0.259. The molecule has 0 unspecified atom stereocenters.